The first-order valence-electron chi connectivity index (χ1n) is 8.94. The van der Waals surface area contributed by atoms with Gasteiger partial charge in [-0.2, -0.15) is 5.10 Å². The molecule has 8 heteroatoms. The molecule has 0 saturated heterocycles. The fourth-order valence-corrected chi connectivity index (χ4v) is 2.74. The largest absolute Gasteiger partial charge is 0.497 e. The molecule has 0 radical (unpaired) electrons. The van der Waals surface area contributed by atoms with Crippen molar-refractivity contribution in [1.29, 1.82) is 0 Å². The van der Waals surface area contributed by atoms with Gasteiger partial charge >= 0.3 is 0 Å². The smallest absolute Gasteiger partial charge is 0.266 e. The van der Waals surface area contributed by atoms with Crippen LogP contribution in [-0.4, -0.2) is 22.8 Å². The van der Waals surface area contributed by atoms with Crippen LogP contribution in [0.4, 0.5) is 14.5 Å². The summed E-state index contributed by atoms with van der Waals surface area (Å²) in [6, 6.07) is 13.1. The summed E-state index contributed by atoms with van der Waals surface area (Å²) in [5.41, 5.74) is 0.866. The van der Waals surface area contributed by atoms with Crippen LogP contribution in [0, 0.1) is 11.6 Å². The highest BCUT2D eigenvalue weighted by Gasteiger charge is 2.09. The van der Waals surface area contributed by atoms with E-state index in [2.05, 4.69) is 10.4 Å². The third kappa shape index (κ3) is 5.25. The van der Waals surface area contributed by atoms with E-state index in [0.29, 0.717) is 17.9 Å². The number of hydrogen-bond acceptors (Lipinski definition) is 4. The van der Waals surface area contributed by atoms with Crippen molar-refractivity contribution in [1.82, 2.24) is 9.78 Å². The third-order valence-electron chi connectivity index (χ3n) is 4.21. The number of aryl methyl sites for hydroxylation is 1. The predicted octanol–water partition coefficient (Wildman–Crippen LogP) is 3.62. The minimum absolute atomic E-state index is 0.0213. The van der Waals surface area contributed by atoms with E-state index in [0.717, 1.165) is 23.8 Å². The van der Waals surface area contributed by atoms with Gasteiger partial charge in [0.2, 0.25) is 5.91 Å². The summed E-state index contributed by atoms with van der Waals surface area (Å²) in [5, 5.41) is 6.66. The Bertz CT molecular complexity index is 1080. The number of rotatable bonds is 7. The second-order valence-electron chi connectivity index (χ2n) is 6.29. The van der Waals surface area contributed by atoms with Gasteiger partial charge in [0, 0.05) is 30.7 Å². The van der Waals surface area contributed by atoms with Crippen LogP contribution in [0.2, 0.25) is 0 Å². The van der Waals surface area contributed by atoms with Crippen molar-refractivity contribution >= 4 is 11.6 Å². The molecular weight excluding hydrogens is 380 g/mol. The van der Waals surface area contributed by atoms with Crippen molar-refractivity contribution in [2.24, 2.45) is 0 Å². The van der Waals surface area contributed by atoms with Gasteiger partial charge in [-0.25, -0.2) is 13.5 Å². The fourth-order valence-electron chi connectivity index (χ4n) is 2.74. The van der Waals surface area contributed by atoms with Crippen molar-refractivity contribution in [3.8, 4) is 17.0 Å². The van der Waals surface area contributed by atoms with Gasteiger partial charge < -0.3 is 10.1 Å². The van der Waals surface area contributed by atoms with Crippen LogP contribution >= 0.6 is 0 Å². The van der Waals surface area contributed by atoms with E-state index in [1.54, 1.807) is 25.3 Å². The van der Waals surface area contributed by atoms with E-state index in [1.165, 1.54) is 10.7 Å². The van der Waals surface area contributed by atoms with Gasteiger partial charge in [-0.15, -0.1) is 0 Å². The lowest BCUT2D eigenvalue weighted by Gasteiger charge is -2.09. The molecule has 1 N–H and O–H groups in total. The number of ether oxygens (including phenoxy) is 1. The predicted molar refractivity (Wildman–Crippen MR) is 105 cm³/mol. The second-order valence-corrected chi connectivity index (χ2v) is 6.29. The zero-order chi connectivity index (χ0) is 20.8. The Hall–Kier alpha value is -3.55. The fraction of sp³-hybridized carbons (Fsp3) is 0.190. The molecule has 29 heavy (non-hydrogen) atoms. The minimum atomic E-state index is -0.719. The van der Waals surface area contributed by atoms with E-state index in [-0.39, 0.29) is 24.2 Å². The van der Waals surface area contributed by atoms with Gasteiger partial charge in [-0.3, -0.25) is 9.59 Å². The summed E-state index contributed by atoms with van der Waals surface area (Å²) in [4.78, 5) is 24.0. The molecular formula is C21H19F2N3O3. The van der Waals surface area contributed by atoms with Gasteiger partial charge in [-0.1, -0.05) is 12.1 Å². The van der Waals surface area contributed by atoms with Crippen LogP contribution in [0.3, 0.4) is 0 Å². The van der Waals surface area contributed by atoms with E-state index in [9.17, 15) is 18.4 Å². The highest BCUT2D eigenvalue weighted by molar-refractivity contribution is 5.90. The number of halogens is 2. The molecule has 0 unspecified atom stereocenters. The molecule has 1 amide bonds. The molecule has 0 saturated carbocycles. The summed E-state index contributed by atoms with van der Waals surface area (Å²) in [6.07, 6.45) is 0.324. The molecule has 6 nitrogen and oxygen atoms in total. The maximum Gasteiger partial charge on any atom is 0.266 e. The first-order valence-corrected chi connectivity index (χ1v) is 8.94. The monoisotopic (exact) mass is 399 g/mol. The average Bonchev–Trinajstić information content (AvgIpc) is 2.72. The molecule has 0 bridgehead atoms. The lowest BCUT2D eigenvalue weighted by atomic mass is 10.1. The molecule has 3 rings (SSSR count). The second kappa shape index (κ2) is 9.09. The van der Waals surface area contributed by atoms with Crippen molar-refractivity contribution in [2.75, 3.05) is 12.4 Å². The van der Waals surface area contributed by atoms with Gasteiger partial charge in [-0.05, 0) is 36.8 Å². The molecule has 0 atom stereocenters. The van der Waals surface area contributed by atoms with Crippen molar-refractivity contribution < 1.29 is 18.3 Å². The Morgan fingerprint density at radius 3 is 2.76 bits per heavy atom. The summed E-state index contributed by atoms with van der Waals surface area (Å²) in [6.45, 7) is 0.204. The lowest BCUT2D eigenvalue weighted by molar-refractivity contribution is -0.116. The molecule has 1 aromatic heterocycles. The van der Waals surface area contributed by atoms with E-state index >= 15 is 0 Å². The van der Waals surface area contributed by atoms with E-state index in [1.807, 2.05) is 12.1 Å². The number of benzene rings is 2. The number of nitrogens with one attached hydrogen (secondary N) is 1. The quantitative estimate of drug-likeness (QED) is 0.659. The summed E-state index contributed by atoms with van der Waals surface area (Å²) >= 11 is 0. The van der Waals surface area contributed by atoms with E-state index < -0.39 is 17.5 Å². The van der Waals surface area contributed by atoms with Crippen LogP contribution in [0.1, 0.15) is 12.8 Å². The van der Waals surface area contributed by atoms with Gasteiger partial charge in [0.05, 0.1) is 18.5 Å². The number of carbonyl (C=O) groups is 1. The van der Waals surface area contributed by atoms with Crippen LogP contribution in [0.15, 0.2) is 59.4 Å². The summed E-state index contributed by atoms with van der Waals surface area (Å²) < 4.78 is 33.2. The minimum Gasteiger partial charge on any atom is -0.497 e. The number of carbonyl (C=O) groups excluding carboxylic acids is 1. The van der Waals surface area contributed by atoms with Gasteiger partial charge in [0.1, 0.15) is 17.4 Å². The first kappa shape index (κ1) is 20.2. The highest BCUT2D eigenvalue weighted by atomic mass is 19.1. The zero-order valence-electron chi connectivity index (χ0n) is 15.7. The summed E-state index contributed by atoms with van der Waals surface area (Å²) in [5.74, 6) is -1.18. The first-order chi connectivity index (χ1) is 14.0. The van der Waals surface area contributed by atoms with Gasteiger partial charge in [0.15, 0.2) is 0 Å². The Balaban J connectivity index is 1.64. The molecule has 0 aliphatic heterocycles. The van der Waals surface area contributed by atoms with Crippen molar-refractivity contribution in [2.45, 2.75) is 19.4 Å². The Morgan fingerprint density at radius 1 is 1.14 bits per heavy atom. The standard InChI is InChI=1S/C21H19F2N3O3/c1-29-16-5-2-4-14(12-16)18-9-10-21(28)26(25-18)11-3-6-20(27)24-19-13-15(22)7-8-17(19)23/h2,4-5,7-10,12-13H,3,6,11H2,1H3,(H,24,27). The van der Waals surface area contributed by atoms with Crippen LogP contribution < -0.4 is 15.6 Å². The topological polar surface area (TPSA) is 73.2 Å². The Morgan fingerprint density at radius 2 is 1.97 bits per heavy atom. The number of aromatic nitrogens is 2. The van der Waals surface area contributed by atoms with Crippen molar-refractivity contribution in [3.05, 3.63) is 76.6 Å². The van der Waals surface area contributed by atoms with Crippen LogP contribution in [0.5, 0.6) is 5.75 Å². The SMILES string of the molecule is COc1cccc(-c2ccc(=O)n(CCCC(=O)Nc3cc(F)ccc3F)n2)c1. The summed E-state index contributed by atoms with van der Waals surface area (Å²) in [7, 11) is 1.56. The Labute approximate surface area is 165 Å². The van der Waals surface area contributed by atoms with E-state index in [4.69, 9.17) is 4.74 Å². The zero-order valence-corrected chi connectivity index (χ0v) is 15.7. The molecule has 0 spiro atoms. The number of hydrogen-bond donors (Lipinski definition) is 1. The molecule has 3 aromatic rings. The molecule has 2 aromatic carbocycles. The van der Waals surface area contributed by atoms with Crippen LogP contribution in [-0.2, 0) is 11.3 Å². The van der Waals surface area contributed by atoms with Crippen LogP contribution in [0.25, 0.3) is 11.3 Å². The molecule has 0 aliphatic rings. The lowest BCUT2D eigenvalue weighted by Crippen LogP contribution is -2.23. The normalized spacial score (nSPS) is 10.6. The average molecular weight is 399 g/mol. The number of amides is 1. The maximum absolute atomic E-state index is 13.6. The molecule has 0 aliphatic carbocycles. The number of anilines is 1. The van der Waals surface area contributed by atoms with Gasteiger partial charge in [0.25, 0.3) is 5.56 Å². The maximum atomic E-state index is 13.6. The molecule has 150 valence electrons. The van der Waals surface area contributed by atoms with Crippen molar-refractivity contribution in [3.63, 3.8) is 0 Å². The number of methoxy groups -OCH3 is 1. The number of nitrogens with zero attached hydrogens (tertiary/aromatic N) is 2. The molecule has 1 heterocycles. The third-order valence-corrected chi connectivity index (χ3v) is 4.21. The Kier molecular flexibility index (Phi) is 6.33. The highest BCUT2D eigenvalue weighted by Crippen LogP contribution is 2.21. The molecule has 0 fully saturated rings.